The van der Waals surface area contributed by atoms with Gasteiger partial charge in [0.05, 0.1) is 18.2 Å². The maximum absolute atomic E-state index is 12.3. The first-order chi connectivity index (χ1) is 15.9. The molecule has 1 saturated carbocycles. The standard InChI is InChI=1S/C25H24Cl3N3O2/c1-33-24-30-21(15-22(31-24)29-12-9-16-7-8-19(26)14-20(16)27)17-5-4-6-18(13-17)25(23(28)32)10-2-3-11-25/h4-8,13-15H,2-3,9-12H2,1H3,(H,29,30,31). The average Bonchev–Trinajstić information content (AvgIpc) is 3.32. The molecular formula is C25H24Cl3N3O2. The van der Waals surface area contributed by atoms with Gasteiger partial charge in [-0.3, -0.25) is 4.79 Å². The number of anilines is 1. The second kappa shape index (κ2) is 10.3. The van der Waals surface area contributed by atoms with E-state index in [-0.39, 0.29) is 11.3 Å². The summed E-state index contributed by atoms with van der Waals surface area (Å²) in [5.74, 6) is 0.635. The van der Waals surface area contributed by atoms with Crippen molar-refractivity contribution in [3.05, 3.63) is 69.7 Å². The lowest BCUT2D eigenvalue weighted by Crippen LogP contribution is -2.29. The summed E-state index contributed by atoms with van der Waals surface area (Å²) < 4.78 is 5.33. The van der Waals surface area contributed by atoms with E-state index in [4.69, 9.17) is 39.5 Å². The normalized spacial score (nSPS) is 14.8. The number of ether oxygens (including phenoxy) is 1. The quantitative estimate of drug-likeness (QED) is 0.346. The van der Waals surface area contributed by atoms with Crippen LogP contribution in [-0.2, 0) is 16.6 Å². The molecule has 1 heterocycles. The highest BCUT2D eigenvalue weighted by Gasteiger charge is 2.41. The van der Waals surface area contributed by atoms with Crippen LogP contribution in [0.3, 0.4) is 0 Å². The molecule has 0 spiro atoms. The van der Waals surface area contributed by atoms with Crippen molar-refractivity contribution >= 4 is 45.9 Å². The van der Waals surface area contributed by atoms with E-state index in [2.05, 4.69) is 15.3 Å². The predicted molar refractivity (Wildman–Crippen MR) is 134 cm³/mol. The Kier molecular flexibility index (Phi) is 7.42. The summed E-state index contributed by atoms with van der Waals surface area (Å²) in [5, 5.41) is 4.27. The number of rotatable bonds is 8. The molecule has 1 N–H and O–H groups in total. The summed E-state index contributed by atoms with van der Waals surface area (Å²) in [7, 11) is 1.53. The molecule has 2 aromatic carbocycles. The third kappa shape index (κ3) is 5.26. The van der Waals surface area contributed by atoms with E-state index < -0.39 is 5.41 Å². The molecule has 0 radical (unpaired) electrons. The third-order valence-corrected chi connectivity index (χ3v) is 7.10. The van der Waals surface area contributed by atoms with Gasteiger partial charge in [-0.1, -0.05) is 60.3 Å². The number of halogens is 3. The molecule has 172 valence electrons. The van der Waals surface area contributed by atoms with Crippen LogP contribution in [0.2, 0.25) is 10.0 Å². The minimum Gasteiger partial charge on any atom is -0.467 e. The van der Waals surface area contributed by atoms with E-state index in [1.165, 1.54) is 7.11 Å². The van der Waals surface area contributed by atoms with Gasteiger partial charge in [0.25, 0.3) is 0 Å². The van der Waals surface area contributed by atoms with Crippen molar-refractivity contribution in [1.82, 2.24) is 9.97 Å². The molecule has 1 aliphatic carbocycles. The molecule has 1 aromatic heterocycles. The van der Waals surface area contributed by atoms with Crippen molar-refractivity contribution in [2.75, 3.05) is 19.0 Å². The first-order valence-corrected chi connectivity index (χ1v) is 12.0. The summed E-state index contributed by atoms with van der Waals surface area (Å²) >= 11 is 18.3. The summed E-state index contributed by atoms with van der Waals surface area (Å²) in [4.78, 5) is 21.3. The van der Waals surface area contributed by atoms with Gasteiger partial charge in [-0.05, 0) is 60.2 Å². The lowest BCUT2D eigenvalue weighted by Gasteiger charge is -2.25. The van der Waals surface area contributed by atoms with Crippen molar-refractivity contribution in [2.24, 2.45) is 0 Å². The Labute approximate surface area is 208 Å². The highest BCUT2D eigenvalue weighted by molar-refractivity contribution is 6.65. The number of carbonyl (C=O) groups is 1. The molecule has 0 saturated heterocycles. The van der Waals surface area contributed by atoms with E-state index in [0.717, 1.165) is 42.4 Å². The molecule has 5 nitrogen and oxygen atoms in total. The molecule has 0 unspecified atom stereocenters. The molecule has 0 amide bonds. The Hall–Kier alpha value is -2.34. The number of nitrogens with one attached hydrogen (secondary N) is 1. The number of nitrogens with zero attached hydrogens (tertiary/aromatic N) is 2. The molecule has 8 heteroatoms. The van der Waals surface area contributed by atoms with Crippen molar-refractivity contribution in [2.45, 2.75) is 37.5 Å². The van der Waals surface area contributed by atoms with Crippen molar-refractivity contribution in [1.29, 1.82) is 0 Å². The van der Waals surface area contributed by atoms with Gasteiger partial charge in [-0.25, -0.2) is 0 Å². The lowest BCUT2D eigenvalue weighted by molar-refractivity contribution is -0.116. The molecule has 33 heavy (non-hydrogen) atoms. The van der Waals surface area contributed by atoms with E-state index in [1.54, 1.807) is 6.07 Å². The second-order valence-corrected chi connectivity index (χ2v) is 9.37. The van der Waals surface area contributed by atoms with Gasteiger partial charge in [0.2, 0.25) is 5.24 Å². The SMILES string of the molecule is COc1nc(NCCc2ccc(Cl)cc2Cl)cc(-c2cccc(C3(C(=O)Cl)CCCC3)c2)n1. The second-order valence-electron chi connectivity index (χ2n) is 8.18. The maximum atomic E-state index is 12.3. The van der Waals surface area contributed by atoms with Gasteiger partial charge in [0.15, 0.2) is 0 Å². The number of hydrogen-bond acceptors (Lipinski definition) is 5. The molecule has 1 aliphatic rings. The van der Waals surface area contributed by atoms with Gasteiger partial charge in [0, 0.05) is 28.2 Å². The number of aromatic nitrogens is 2. The van der Waals surface area contributed by atoms with Crippen molar-refractivity contribution < 1.29 is 9.53 Å². The van der Waals surface area contributed by atoms with Crippen LogP contribution in [0.4, 0.5) is 5.82 Å². The Morgan fingerprint density at radius 3 is 2.58 bits per heavy atom. The Morgan fingerprint density at radius 1 is 1.09 bits per heavy atom. The van der Waals surface area contributed by atoms with Crippen LogP contribution < -0.4 is 10.1 Å². The lowest BCUT2D eigenvalue weighted by atomic mass is 9.79. The molecule has 0 aliphatic heterocycles. The van der Waals surface area contributed by atoms with Gasteiger partial charge < -0.3 is 10.1 Å². The number of benzene rings is 2. The topological polar surface area (TPSA) is 64.1 Å². The smallest absolute Gasteiger partial charge is 0.318 e. The summed E-state index contributed by atoms with van der Waals surface area (Å²) in [6.07, 6.45) is 4.23. The largest absolute Gasteiger partial charge is 0.467 e. The Morgan fingerprint density at radius 2 is 1.88 bits per heavy atom. The fraction of sp³-hybridized carbons (Fsp3) is 0.320. The van der Waals surface area contributed by atoms with E-state index in [9.17, 15) is 4.79 Å². The van der Waals surface area contributed by atoms with Crippen LogP contribution >= 0.6 is 34.8 Å². The highest BCUT2D eigenvalue weighted by Crippen LogP contribution is 2.43. The zero-order valence-corrected chi connectivity index (χ0v) is 20.5. The molecule has 3 aromatic rings. The highest BCUT2D eigenvalue weighted by atomic mass is 35.5. The van der Waals surface area contributed by atoms with Crippen LogP contribution in [-0.4, -0.2) is 28.9 Å². The molecule has 4 rings (SSSR count). The third-order valence-electron chi connectivity index (χ3n) is 6.15. The zero-order chi connectivity index (χ0) is 23.4. The van der Waals surface area contributed by atoms with E-state index in [0.29, 0.717) is 34.5 Å². The molecule has 0 atom stereocenters. The van der Waals surface area contributed by atoms with E-state index >= 15 is 0 Å². The first kappa shape index (κ1) is 23.8. The monoisotopic (exact) mass is 503 g/mol. The molecular weight excluding hydrogens is 481 g/mol. The first-order valence-electron chi connectivity index (χ1n) is 10.8. The van der Waals surface area contributed by atoms with Gasteiger partial charge in [0.1, 0.15) is 5.82 Å². The summed E-state index contributed by atoms with van der Waals surface area (Å²) in [6, 6.07) is 15.5. The van der Waals surface area contributed by atoms with Gasteiger partial charge in [-0.2, -0.15) is 9.97 Å². The number of carbonyl (C=O) groups excluding carboxylic acids is 1. The zero-order valence-electron chi connectivity index (χ0n) is 18.2. The molecule has 0 bridgehead atoms. The van der Waals surface area contributed by atoms with Crippen LogP contribution in [0.1, 0.15) is 36.8 Å². The van der Waals surface area contributed by atoms with Crippen molar-refractivity contribution in [3.63, 3.8) is 0 Å². The van der Waals surface area contributed by atoms with E-state index in [1.807, 2.05) is 42.5 Å². The Bertz CT molecular complexity index is 1160. The number of methoxy groups -OCH3 is 1. The fourth-order valence-corrected chi connectivity index (χ4v) is 5.16. The Balaban J connectivity index is 1.57. The van der Waals surface area contributed by atoms with Gasteiger partial charge >= 0.3 is 6.01 Å². The van der Waals surface area contributed by atoms with Crippen LogP contribution in [0.25, 0.3) is 11.3 Å². The summed E-state index contributed by atoms with van der Waals surface area (Å²) in [6.45, 7) is 0.616. The van der Waals surface area contributed by atoms with Crippen LogP contribution in [0.15, 0.2) is 48.5 Å². The van der Waals surface area contributed by atoms with Gasteiger partial charge in [-0.15, -0.1) is 0 Å². The van der Waals surface area contributed by atoms with Crippen LogP contribution in [0.5, 0.6) is 6.01 Å². The number of hydrogen-bond donors (Lipinski definition) is 1. The maximum Gasteiger partial charge on any atom is 0.318 e. The van der Waals surface area contributed by atoms with Crippen LogP contribution in [0, 0.1) is 0 Å². The average molecular weight is 505 g/mol. The molecule has 1 fully saturated rings. The van der Waals surface area contributed by atoms with Crippen molar-refractivity contribution in [3.8, 4) is 17.3 Å². The minimum atomic E-state index is -0.617. The summed E-state index contributed by atoms with van der Waals surface area (Å²) in [5.41, 5.74) is 2.89. The predicted octanol–water partition coefficient (Wildman–Crippen LogP) is 6.69. The fourth-order valence-electron chi connectivity index (χ4n) is 4.36. The minimum absolute atomic E-state index is 0.258.